The second kappa shape index (κ2) is 7.99. The molecule has 1 aliphatic heterocycles. The fourth-order valence-electron chi connectivity index (χ4n) is 3.01. The van der Waals surface area contributed by atoms with E-state index in [1.807, 2.05) is 0 Å². The van der Waals surface area contributed by atoms with E-state index in [2.05, 4.69) is 5.32 Å². The Hall–Kier alpha value is -3.22. The molecule has 1 heterocycles. The SMILES string of the molecule is O=C(Nc1ccc(C(=O)N2CCC(C(=O)O)CC2)cc1)c1ccc(F)cc1. The van der Waals surface area contributed by atoms with Crippen LogP contribution >= 0.6 is 0 Å². The third kappa shape index (κ3) is 4.49. The van der Waals surface area contributed by atoms with Crippen molar-refractivity contribution >= 4 is 23.5 Å². The molecule has 2 N–H and O–H groups in total. The highest BCUT2D eigenvalue weighted by molar-refractivity contribution is 6.04. The van der Waals surface area contributed by atoms with Gasteiger partial charge in [-0.25, -0.2) is 4.39 Å². The van der Waals surface area contributed by atoms with Gasteiger partial charge in [0.1, 0.15) is 5.82 Å². The standard InChI is InChI=1S/C20H19FN2O4/c21-16-5-1-13(2-6-16)18(24)22-17-7-3-14(4-8-17)19(25)23-11-9-15(10-12-23)20(26)27/h1-8,15H,9-12H2,(H,22,24)(H,26,27). The summed E-state index contributed by atoms with van der Waals surface area (Å²) in [6.45, 7) is 0.831. The molecule has 2 aromatic carbocycles. The predicted octanol–water partition coefficient (Wildman–Crippen LogP) is 3.01. The molecule has 1 fully saturated rings. The van der Waals surface area contributed by atoms with Gasteiger partial charge in [0.05, 0.1) is 5.92 Å². The monoisotopic (exact) mass is 370 g/mol. The molecule has 2 aromatic rings. The first kappa shape index (κ1) is 18.6. The van der Waals surface area contributed by atoms with Crippen LogP contribution in [0.25, 0.3) is 0 Å². The van der Waals surface area contributed by atoms with E-state index >= 15 is 0 Å². The van der Waals surface area contributed by atoms with Crippen molar-refractivity contribution in [2.45, 2.75) is 12.8 Å². The largest absolute Gasteiger partial charge is 0.481 e. The normalized spacial score (nSPS) is 14.6. The molecule has 1 saturated heterocycles. The highest BCUT2D eigenvalue weighted by atomic mass is 19.1. The van der Waals surface area contributed by atoms with Crippen molar-refractivity contribution in [1.82, 2.24) is 4.90 Å². The van der Waals surface area contributed by atoms with Crippen LogP contribution in [0.15, 0.2) is 48.5 Å². The molecule has 0 unspecified atom stereocenters. The van der Waals surface area contributed by atoms with E-state index in [0.29, 0.717) is 42.7 Å². The van der Waals surface area contributed by atoms with Gasteiger partial charge in [-0.05, 0) is 61.4 Å². The summed E-state index contributed by atoms with van der Waals surface area (Å²) in [6, 6.07) is 11.7. The number of piperidine rings is 1. The first-order chi connectivity index (χ1) is 12.9. The third-order valence-corrected chi connectivity index (χ3v) is 4.63. The highest BCUT2D eigenvalue weighted by Crippen LogP contribution is 2.20. The van der Waals surface area contributed by atoms with Crippen molar-refractivity contribution in [3.8, 4) is 0 Å². The summed E-state index contributed by atoms with van der Waals surface area (Å²) in [5.74, 6) is -2.15. The van der Waals surface area contributed by atoms with Crippen LogP contribution in [-0.2, 0) is 4.79 Å². The van der Waals surface area contributed by atoms with Gasteiger partial charge in [0.2, 0.25) is 0 Å². The van der Waals surface area contributed by atoms with Gasteiger partial charge < -0.3 is 15.3 Å². The molecule has 140 valence electrons. The molecule has 0 atom stereocenters. The van der Waals surface area contributed by atoms with Crippen molar-refractivity contribution in [3.63, 3.8) is 0 Å². The zero-order valence-electron chi connectivity index (χ0n) is 14.5. The van der Waals surface area contributed by atoms with Crippen LogP contribution in [0.4, 0.5) is 10.1 Å². The molecule has 3 rings (SSSR count). The van der Waals surface area contributed by atoms with Gasteiger partial charge in [0, 0.05) is 29.9 Å². The summed E-state index contributed by atoms with van der Waals surface area (Å²) in [7, 11) is 0. The maximum Gasteiger partial charge on any atom is 0.306 e. The Labute approximate surface area is 155 Å². The quantitative estimate of drug-likeness (QED) is 0.866. The lowest BCUT2D eigenvalue weighted by Gasteiger charge is -2.30. The summed E-state index contributed by atoms with van der Waals surface area (Å²) in [4.78, 5) is 37.3. The van der Waals surface area contributed by atoms with Gasteiger partial charge in [0.25, 0.3) is 11.8 Å². The summed E-state index contributed by atoms with van der Waals surface area (Å²) in [5, 5.41) is 11.7. The molecular formula is C20H19FN2O4. The number of halogens is 1. The molecule has 2 amide bonds. The molecule has 1 aliphatic rings. The Bertz CT molecular complexity index is 841. The van der Waals surface area contributed by atoms with Crippen molar-refractivity contribution in [1.29, 1.82) is 0 Å². The lowest BCUT2D eigenvalue weighted by Crippen LogP contribution is -2.40. The molecule has 0 aromatic heterocycles. The minimum atomic E-state index is -0.816. The van der Waals surface area contributed by atoms with E-state index in [4.69, 9.17) is 5.11 Å². The van der Waals surface area contributed by atoms with Gasteiger partial charge in [-0.3, -0.25) is 14.4 Å². The number of carbonyl (C=O) groups is 3. The molecule has 0 saturated carbocycles. The first-order valence-corrected chi connectivity index (χ1v) is 8.63. The number of aliphatic carboxylic acids is 1. The Kier molecular flexibility index (Phi) is 5.49. The second-order valence-corrected chi connectivity index (χ2v) is 6.44. The smallest absolute Gasteiger partial charge is 0.306 e. The number of nitrogens with zero attached hydrogens (tertiary/aromatic N) is 1. The summed E-state index contributed by atoms with van der Waals surface area (Å²) in [6.07, 6.45) is 0.903. The van der Waals surface area contributed by atoms with E-state index in [0.717, 1.165) is 0 Å². The van der Waals surface area contributed by atoms with Gasteiger partial charge in [-0.1, -0.05) is 0 Å². The van der Waals surface area contributed by atoms with E-state index in [-0.39, 0.29) is 11.8 Å². The van der Waals surface area contributed by atoms with Gasteiger partial charge in [-0.2, -0.15) is 0 Å². The molecular weight excluding hydrogens is 351 g/mol. The Morgan fingerprint density at radius 3 is 2.04 bits per heavy atom. The number of rotatable bonds is 4. The summed E-state index contributed by atoms with van der Waals surface area (Å²) in [5.41, 5.74) is 1.33. The molecule has 27 heavy (non-hydrogen) atoms. The first-order valence-electron chi connectivity index (χ1n) is 8.63. The van der Waals surface area contributed by atoms with E-state index in [1.165, 1.54) is 24.3 Å². The van der Waals surface area contributed by atoms with Crippen molar-refractivity contribution in [2.24, 2.45) is 5.92 Å². The van der Waals surface area contributed by atoms with Crippen LogP contribution in [-0.4, -0.2) is 40.9 Å². The zero-order chi connectivity index (χ0) is 19.4. The zero-order valence-corrected chi connectivity index (χ0v) is 14.5. The van der Waals surface area contributed by atoms with E-state index in [1.54, 1.807) is 29.2 Å². The number of carboxylic acids is 1. The fraction of sp³-hybridized carbons (Fsp3) is 0.250. The summed E-state index contributed by atoms with van der Waals surface area (Å²) < 4.78 is 12.9. The molecule has 6 nitrogen and oxygen atoms in total. The Balaban J connectivity index is 1.60. The topological polar surface area (TPSA) is 86.7 Å². The second-order valence-electron chi connectivity index (χ2n) is 6.44. The van der Waals surface area contributed by atoms with Gasteiger partial charge in [0.15, 0.2) is 0 Å². The van der Waals surface area contributed by atoms with Crippen LogP contribution in [0.3, 0.4) is 0 Å². The van der Waals surface area contributed by atoms with Crippen LogP contribution in [0, 0.1) is 11.7 Å². The number of amides is 2. The molecule has 0 aliphatic carbocycles. The highest BCUT2D eigenvalue weighted by Gasteiger charge is 2.27. The number of anilines is 1. The van der Waals surface area contributed by atoms with Crippen LogP contribution in [0.5, 0.6) is 0 Å². The minimum Gasteiger partial charge on any atom is -0.481 e. The third-order valence-electron chi connectivity index (χ3n) is 4.63. The molecule has 0 spiro atoms. The van der Waals surface area contributed by atoms with Crippen LogP contribution in [0.2, 0.25) is 0 Å². The maximum atomic E-state index is 12.9. The minimum absolute atomic E-state index is 0.157. The van der Waals surface area contributed by atoms with Gasteiger partial charge >= 0.3 is 5.97 Å². The van der Waals surface area contributed by atoms with E-state index < -0.39 is 17.7 Å². The Morgan fingerprint density at radius 1 is 0.926 bits per heavy atom. The number of nitrogens with one attached hydrogen (secondary N) is 1. The van der Waals surface area contributed by atoms with Crippen LogP contribution < -0.4 is 5.32 Å². The number of carboxylic acid groups (broad SMARTS) is 1. The number of likely N-dealkylation sites (tertiary alicyclic amines) is 1. The Morgan fingerprint density at radius 2 is 1.48 bits per heavy atom. The van der Waals surface area contributed by atoms with Crippen molar-refractivity contribution < 1.29 is 23.9 Å². The van der Waals surface area contributed by atoms with Crippen molar-refractivity contribution in [3.05, 3.63) is 65.5 Å². The number of hydrogen-bond donors (Lipinski definition) is 2. The summed E-state index contributed by atoms with van der Waals surface area (Å²) >= 11 is 0. The van der Waals surface area contributed by atoms with E-state index in [9.17, 15) is 18.8 Å². The molecule has 7 heteroatoms. The number of benzene rings is 2. The lowest BCUT2D eigenvalue weighted by atomic mass is 9.96. The molecule has 0 bridgehead atoms. The van der Waals surface area contributed by atoms with Crippen LogP contribution in [0.1, 0.15) is 33.6 Å². The van der Waals surface area contributed by atoms with Gasteiger partial charge in [-0.15, -0.1) is 0 Å². The van der Waals surface area contributed by atoms with Crippen molar-refractivity contribution in [2.75, 3.05) is 18.4 Å². The fourth-order valence-corrected chi connectivity index (χ4v) is 3.01. The maximum absolute atomic E-state index is 12.9. The predicted molar refractivity (Wildman–Crippen MR) is 97.1 cm³/mol. The average molecular weight is 370 g/mol. The number of hydrogen-bond acceptors (Lipinski definition) is 3. The molecule has 0 radical (unpaired) electrons. The lowest BCUT2D eigenvalue weighted by molar-refractivity contribution is -0.143. The average Bonchev–Trinajstić information content (AvgIpc) is 2.68. The number of carbonyl (C=O) groups excluding carboxylic acids is 2.